The number of aliphatic hydroxyl groups is 6. The third kappa shape index (κ3) is 6.39. The fourth-order valence-corrected chi connectivity index (χ4v) is 23.8. The van der Waals surface area contributed by atoms with Crippen LogP contribution in [0.3, 0.4) is 0 Å². The number of hydrogen-bond donors (Lipinski definition) is 7. The zero-order chi connectivity index (χ0) is 53.3. The van der Waals surface area contributed by atoms with Crippen LogP contribution in [0.1, 0.15) is 144 Å². The molecule has 9 bridgehead atoms. The molecule has 2 aromatic carbocycles. The van der Waals surface area contributed by atoms with E-state index in [4.69, 9.17) is 4.74 Å². The molecule has 10 heteroatoms. The summed E-state index contributed by atoms with van der Waals surface area (Å²) < 4.78 is 6.45. The van der Waals surface area contributed by atoms with Gasteiger partial charge in [0.25, 0.3) is 0 Å². The monoisotopic (exact) mass is 1060 g/mol. The molecule has 0 unspecified atom stereocenters. The molecule has 0 amide bonds. The third-order valence-electron chi connectivity index (χ3n) is 26.3. The Morgan fingerprint density at radius 2 is 1.63 bits per heavy atom. The van der Waals surface area contributed by atoms with Crippen molar-refractivity contribution in [1.82, 2.24) is 5.32 Å². The second kappa shape index (κ2) is 17.9. The first-order chi connectivity index (χ1) is 37.8. The SMILES string of the molecule is CN[C@H]1Cc2c(cccc2CO)C#CCC[C@]23C[C@H]4C#CC[C@H]5[C@H]6CC[C@@]7(C[C@]8(C=O)[C@@H]4[C@@](O)([C@@H](O)[C@H]4C[C@H]9[C@H](C=CC[C@@H]9C9CCCC9)C[C@H]([C@H]7O)[C@@]48O)[C@@]2(O)C[C@H]2C[C@H]1[C@H]1OC(=O)C=C1[C@@H]23)[C@@H]6CC[C@@H]5c1ccccc1. The summed E-state index contributed by atoms with van der Waals surface area (Å²) in [5, 5.41) is 87.8. The van der Waals surface area contributed by atoms with Gasteiger partial charge >= 0.3 is 5.97 Å². The number of aldehydes is 1. The molecule has 78 heavy (non-hydrogen) atoms. The van der Waals surface area contributed by atoms with Crippen molar-refractivity contribution in [2.75, 3.05) is 7.05 Å². The summed E-state index contributed by atoms with van der Waals surface area (Å²) in [4.78, 5) is 29.8. The maximum Gasteiger partial charge on any atom is 0.331 e. The molecule has 1 aliphatic heterocycles. The van der Waals surface area contributed by atoms with Crippen molar-refractivity contribution in [3.8, 4) is 23.7 Å². The smallest absolute Gasteiger partial charge is 0.331 e. The summed E-state index contributed by atoms with van der Waals surface area (Å²) in [5.41, 5.74) is -5.30. The lowest BCUT2D eigenvalue weighted by Gasteiger charge is -2.76. The first-order valence-corrected chi connectivity index (χ1v) is 30.8. The lowest BCUT2D eigenvalue weighted by atomic mass is 9.31. The maximum absolute atomic E-state index is 15.7. The van der Waals surface area contributed by atoms with Gasteiger partial charge in [-0.2, -0.15) is 0 Å². The number of nitrogens with one attached hydrogen (secondary N) is 1. The molecule has 9 fully saturated rings. The molecule has 13 aliphatic carbocycles. The third-order valence-corrected chi connectivity index (χ3v) is 26.3. The molecule has 7 N–H and O–H groups in total. The predicted octanol–water partition coefficient (Wildman–Crippen LogP) is 7.74. The summed E-state index contributed by atoms with van der Waals surface area (Å²) in [6.07, 6.45) is 16.7. The van der Waals surface area contributed by atoms with E-state index in [1.165, 1.54) is 18.4 Å². The van der Waals surface area contributed by atoms with Crippen LogP contribution in [-0.2, 0) is 27.4 Å². The minimum atomic E-state index is -2.36. The van der Waals surface area contributed by atoms with Gasteiger partial charge < -0.3 is 45.5 Å². The predicted molar refractivity (Wildman–Crippen MR) is 292 cm³/mol. The van der Waals surface area contributed by atoms with Gasteiger partial charge in [0, 0.05) is 70.9 Å². The van der Waals surface area contributed by atoms with E-state index in [1.807, 2.05) is 25.2 Å². The highest BCUT2D eigenvalue weighted by Crippen LogP contribution is 2.81. The van der Waals surface area contributed by atoms with Crippen LogP contribution in [0.4, 0.5) is 0 Å². The van der Waals surface area contributed by atoms with Gasteiger partial charge in [0.15, 0.2) is 0 Å². The molecule has 0 radical (unpaired) electrons. The van der Waals surface area contributed by atoms with Crippen molar-refractivity contribution >= 4 is 12.3 Å². The number of hydrogen-bond acceptors (Lipinski definition) is 10. The van der Waals surface area contributed by atoms with Crippen LogP contribution in [-0.4, -0.2) is 91.1 Å². The van der Waals surface area contributed by atoms with Gasteiger partial charge in [-0.3, -0.25) is 0 Å². The van der Waals surface area contributed by atoms with Crippen LogP contribution < -0.4 is 5.32 Å². The van der Waals surface area contributed by atoms with E-state index >= 15 is 15.0 Å². The van der Waals surface area contributed by atoms with Crippen LogP contribution in [0.2, 0.25) is 0 Å². The number of fused-ring (bicyclic) bond motifs is 5. The van der Waals surface area contributed by atoms with E-state index in [0.717, 1.165) is 67.1 Å². The molecule has 0 saturated heterocycles. The lowest BCUT2D eigenvalue weighted by Crippen LogP contribution is -2.87. The van der Waals surface area contributed by atoms with Crippen LogP contribution in [0.15, 0.2) is 72.3 Å². The Balaban J connectivity index is 0.978. The van der Waals surface area contributed by atoms with Gasteiger partial charge in [-0.05, 0) is 178 Å². The molecule has 16 rings (SSSR count). The second-order valence-electron chi connectivity index (χ2n) is 28.2. The van der Waals surface area contributed by atoms with E-state index < -0.39 is 86.9 Å². The minimum absolute atomic E-state index is 0.000105. The van der Waals surface area contributed by atoms with Gasteiger partial charge in [0.05, 0.1) is 29.8 Å². The van der Waals surface area contributed by atoms with Gasteiger partial charge in [-0.25, -0.2) is 4.79 Å². The molecular formula is C68H81NO9. The van der Waals surface area contributed by atoms with Gasteiger partial charge in [0.2, 0.25) is 0 Å². The number of aliphatic hydroxyl groups excluding tert-OH is 3. The molecule has 412 valence electrons. The summed E-state index contributed by atoms with van der Waals surface area (Å²) >= 11 is 0. The second-order valence-corrected chi connectivity index (χ2v) is 28.2. The largest absolute Gasteiger partial charge is 0.454 e. The molecule has 0 aromatic heterocycles. The van der Waals surface area contributed by atoms with Crippen molar-refractivity contribution < 1.29 is 45.0 Å². The van der Waals surface area contributed by atoms with E-state index in [1.54, 1.807) is 6.08 Å². The number of rotatable bonds is 5. The molecule has 1 heterocycles. The normalized spacial score (nSPS) is 50.9. The zero-order valence-electron chi connectivity index (χ0n) is 45.4. The Kier molecular flexibility index (Phi) is 11.7. The average Bonchev–Trinajstić information content (AvgIpc) is 1.72. The van der Waals surface area contributed by atoms with Crippen LogP contribution in [0.25, 0.3) is 0 Å². The number of carbonyl (C=O) groups excluding carboxylic acids is 2. The fourth-order valence-electron chi connectivity index (χ4n) is 23.8. The number of carbonyl (C=O) groups is 2. The lowest BCUT2D eigenvalue weighted by molar-refractivity contribution is -0.391. The van der Waals surface area contributed by atoms with Crippen molar-refractivity contribution in [2.45, 2.75) is 176 Å². The van der Waals surface area contributed by atoms with Crippen molar-refractivity contribution in [1.29, 1.82) is 0 Å². The van der Waals surface area contributed by atoms with Crippen molar-refractivity contribution in [3.63, 3.8) is 0 Å². The molecular weight excluding hydrogens is 975 g/mol. The van der Waals surface area contributed by atoms with Gasteiger partial charge in [0.1, 0.15) is 23.6 Å². The Bertz CT molecular complexity index is 2980. The Morgan fingerprint density at radius 1 is 0.808 bits per heavy atom. The Labute approximate surface area is 460 Å². The summed E-state index contributed by atoms with van der Waals surface area (Å²) in [6.45, 7) is -0.144. The first kappa shape index (κ1) is 50.8. The van der Waals surface area contributed by atoms with E-state index in [0.29, 0.717) is 57.3 Å². The number of likely N-dealkylation sites (N-methyl/N-ethyl adjacent to an activating group) is 1. The Morgan fingerprint density at radius 3 is 2.42 bits per heavy atom. The van der Waals surface area contributed by atoms with Crippen LogP contribution in [0, 0.1) is 123 Å². The standard InChI is InChI=1S/C68H81NO9/c1-69-56-31-49-40(17-9-20-43(49)35-70)16-7-8-26-64-33-42-19-11-22-47-46(39-12-3-2-4-13-39)23-24-53-48(47)25-27-63(53)36-65(37-71)60(42)68(77,66(64,75)34-44-28-51(56)59-52(58(44)64)32-57(72)78-59)62(74)55-30-50-41(29-54(61(63)73)67(55,65)76)18-10-21-45(50)38-14-5-6-15-38/h2-4,9-10,12-13,17-18,20,32,37-38,41-42,44-48,50-51,53-56,58-62,69-70,73-77H,5-6,8,14-15,21-31,33-36H2,1H3/t41-,42-,44-,45-,46-,47-,48-,50+,51-,53-,54-,55-,56+,58-,59-,60-,61-,62+,63-,64-,65+,66-,67-,68-/m1/s1. The van der Waals surface area contributed by atoms with Crippen LogP contribution in [0.5, 0.6) is 0 Å². The molecule has 9 saturated carbocycles. The molecule has 14 aliphatic rings. The first-order valence-electron chi connectivity index (χ1n) is 30.8. The summed E-state index contributed by atoms with van der Waals surface area (Å²) in [5.74, 6) is 11.1. The van der Waals surface area contributed by atoms with E-state index in [-0.39, 0.29) is 85.2 Å². The highest BCUT2D eigenvalue weighted by Gasteiger charge is 2.89. The maximum atomic E-state index is 15.7. The highest BCUT2D eigenvalue weighted by molar-refractivity contribution is 5.86. The molecule has 24 atom stereocenters. The van der Waals surface area contributed by atoms with Gasteiger partial charge in [-0.15, -0.1) is 5.92 Å². The molecule has 2 spiro atoms. The highest BCUT2D eigenvalue weighted by atomic mass is 16.5. The average molecular weight is 1060 g/mol. The summed E-state index contributed by atoms with van der Waals surface area (Å²) in [6, 6.07) is 16.5. The topological polar surface area (TPSA) is 177 Å². The number of allylic oxidation sites excluding steroid dienone is 2. The number of esters is 1. The zero-order valence-corrected chi connectivity index (χ0v) is 45.4. The fraction of sp³-hybridized carbons (Fsp3) is 0.676. The number of ether oxygens (including phenoxy) is 1. The molecule has 10 nitrogen and oxygen atoms in total. The van der Waals surface area contributed by atoms with E-state index in [9.17, 15) is 25.2 Å². The minimum Gasteiger partial charge on any atom is -0.454 e. The van der Waals surface area contributed by atoms with Crippen molar-refractivity contribution in [2.24, 2.45) is 99.1 Å². The van der Waals surface area contributed by atoms with Crippen molar-refractivity contribution in [3.05, 3.63) is 94.6 Å². The molecule has 2 aromatic rings. The Hall–Kier alpha value is -4.10. The van der Waals surface area contributed by atoms with Gasteiger partial charge in [-0.1, -0.05) is 98.1 Å². The van der Waals surface area contributed by atoms with E-state index in [2.05, 4.69) is 71.5 Å². The summed E-state index contributed by atoms with van der Waals surface area (Å²) in [7, 11) is 1.93. The quantitative estimate of drug-likeness (QED) is 0.0679. The number of benzene rings is 2. The van der Waals surface area contributed by atoms with Crippen LogP contribution >= 0.6 is 0 Å².